The highest BCUT2D eigenvalue weighted by Crippen LogP contribution is 2.29. The standard InChI is InChI=1S/C29H23ClN4O3/c30-25-10-8-23(9-11-25)29(37)33-18-24-15-21(16-31)5-12-26(24)34(27(35)19-33)17-20-3-6-22(7-4-20)28(36)32-13-1-2-14-32/h1,3-13,15H,2,14,17-19H2. The zero-order valence-corrected chi connectivity index (χ0v) is 20.7. The minimum Gasteiger partial charge on any atom is -0.325 e. The number of carbonyl (C=O) groups is 3. The summed E-state index contributed by atoms with van der Waals surface area (Å²) in [6.07, 6.45) is 4.62. The van der Waals surface area contributed by atoms with Gasteiger partial charge in [0.15, 0.2) is 0 Å². The number of fused-ring (bicyclic) bond motifs is 1. The fourth-order valence-corrected chi connectivity index (χ4v) is 4.67. The lowest BCUT2D eigenvalue weighted by Gasteiger charge is -2.23. The molecule has 0 saturated carbocycles. The summed E-state index contributed by atoms with van der Waals surface area (Å²) in [4.78, 5) is 44.2. The SMILES string of the molecule is N#Cc1ccc2c(c1)CN(C(=O)c1ccc(Cl)cc1)CC(=O)N2Cc1ccc(C(=O)N2C=CCC2)cc1. The van der Waals surface area contributed by atoms with Crippen LogP contribution in [0.3, 0.4) is 0 Å². The molecule has 2 aliphatic heterocycles. The number of rotatable bonds is 4. The van der Waals surface area contributed by atoms with E-state index in [1.165, 1.54) is 4.90 Å². The van der Waals surface area contributed by atoms with Gasteiger partial charge in [0.2, 0.25) is 5.91 Å². The number of nitriles is 1. The summed E-state index contributed by atoms with van der Waals surface area (Å²) >= 11 is 5.97. The van der Waals surface area contributed by atoms with Crippen LogP contribution in [0.15, 0.2) is 79.0 Å². The van der Waals surface area contributed by atoms with Crippen LogP contribution in [0, 0.1) is 11.3 Å². The molecule has 0 bridgehead atoms. The third-order valence-electron chi connectivity index (χ3n) is 6.49. The number of hydrogen-bond acceptors (Lipinski definition) is 4. The van der Waals surface area contributed by atoms with E-state index in [9.17, 15) is 19.6 Å². The normalized spacial score (nSPS) is 14.8. The van der Waals surface area contributed by atoms with E-state index in [1.807, 2.05) is 18.2 Å². The zero-order chi connectivity index (χ0) is 25.9. The molecule has 0 saturated heterocycles. The van der Waals surface area contributed by atoms with Crippen LogP contribution in [-0.2, 0) is 17.9 Å². The van der Waals surface area contributed by atoms with Crippen LogP contribution in [0.4, 0.5) is 5.69 Å². The zero-order valence-electron chi connectivity index (χ0n) is 19.9. The van der Waals surface area contributed by atoms with E-state index in [0.29, 0.717) is 39.5 Å². The lowest BCUT2D eigenvalue weighted by molar-refractivity contribution is -0.119. The predicted molar refractivity (Wildman–Crippen MR) is 140 cm³/mol. The van der Waals surface area contributed by atoms with E-state index in [-0.39, 0.29) is 37.4 Å². The van der Waals surface area contributed by atoms with Gasteiger partial charge >= 0.3 is 0 Å². The average molecular weight is 511 g/mol. The maximum atomic E-state index is 13.5. The van der Waals surface area contributed by atoms with Crippen LogP contribution in [0.2, 0.25) is 5.02 Å². The van der Waals surface area contributed by atoms with Crippen LogP contribution in [-0.4, -0.2) is 40.6 Å². The van der Waals surface area contributed by atoms with Gasteiger partial charge in [-0.2, -0.15) is 5.26 Å². The largest absolute Gasteiger partial charge is 0.325 e. The lowest BCUT2D eigenvalue weighted by atomic mass is 10.1. The molecule has 0 atom stereocenters. The van der Waals surface area contributed by atoms with Crippen molar-refractivity contribution in [2.45, 2.75) is 19.5 Å². The first kappa shape index (κ1) is 24.3. The summed E-state index contributed by atoms with van der Waals surface area (Å²) in [6.45, 7) is 1.01. The lowest BCUT2D eigenvalue weighted by Crippen LogP contribution is -2.39. The molecule has 184 valence electrons. The summed E-state index contributed by atoms with van der Waals surface area (Å²) in [6, 6.07) is 21.0. The van der Waals surface area contributed by atoms with Crippen molar-refractivity contribution in [3.05, 3.63) is 112 Å². The van der Waals surface area contributed by atoms with Gasteiger partial charge in [0.25, 0.3) is 11.8 Å². The number of halogens is 1. The van der Waals surface area contributed by atoms with Crippen LogP contribution >= 0.6 is 11.6 Å². The molecule has 3 aromatic carbocycles. The second-order valence-corrected chi connectivity index (χ2v) is 9.41. The number of amides is 3. The Hall–Kier alpha value is -4.41. The molecule has 0 spiro atoms. The summed E-state index contributed by atoms with van der Waals surface area (Å²) in [5, 5.41) is 9.95. The van der Waals surface area contributed by atoms with Crippen molar-refractivity contribution in [3.8, 4) is 6.07 Å². The van der Waals surface area contributed by atoms with Gasteiger partial charge < -0.3 is 14.7 Å². The number of nitrogens with zero attached hydrogens (tertiary/aromatic N) is 4. The Labute approximate surface area is 219 Å². The van der Waals surface area contributed by atoms with E-state index >= 15 is 0 Å². The van der Waals surface area contributed by atoms with E-state index < -0.39 is 0 Å². The molecule has 0 unspecified atom stereocenters. The van der Waals surface area contributed by atoms with Crippen molar-refractivity contribution in [1.29, 1.82) is 5.26 Å². The monoisotopic (exact) mass is 510 g/mol. The topological polar surface area (TPSA) is 84.7 Å². The van der Waals surface area contributed by atoms with Crippen molar-refractivity contribution in [2.75, 3.05) is 18.0 Å². The van der Waals surface area contributed by atoms with Gasteiger partial charge in [-0.15, -0.1) is 0 Å². The molecule has 2 heterocycles. The molecule has 0 fully saturated rings. The highest BCUT2D eigenvalue weighted by atomic mass is 35.5. The third kappa shape index (κ3) is 5.11. The van der Waals surface area contributed by atoms with E-state index in [0.717, 1.165) is 12.0 Å². The van der Waals surface area contributed by atoms with Crippen molar-refractivity contribution in [2.24, 2.45) is 0 Å². The molecule has 0 aliphatic carbocycles. The Bertz CT molecular complexity index is 1440. The first-order valence-electron chi connectivity index (χ1n) is 11.9. The molecule has 3 amide bonds. The van der Waals surface area contributed by atoms with Gasteiger partial charge in [-0.1, -0.05) is 29.8 Å². The maximum absolute atomic E-state index is 13.5. The summed E-state index contributed by atoms with van der Waals surface area (Å²) in [5.41, 5.74) is 3.66. The van der Waals surface area contributed by atoms with Gasteiger partial charge in [-0.25, -0.2) is 0 Å². The summed E-state index contributed by atoms with van der Waals surface area (Å²) in [5.74, 6) is -0.594. The van der Waals surface area contributed by atoms with Crippen LogP contribution in [0.25, 0.3) is 0 Å². The van der Waals surface area contributed by atoms with Crippen molar-refractivity contribution >= 4 is 35.0 Å². The second-order valence-electron chi connectivity index (χ2n) is 8.97. The summed E-state index contributed by atoms with van der Waals surface area (Å²) < 4.78 is 0. The number of anilines is 1. The average Bonchev–Trinajstić information content (AvgIpc) is 3.42. The first-order chi connectivity index (χ1) is 17.9. The molecule has 7 nitrogen and oxygen atoms in total. The Kier molecular flexibility index (Phi) is 6.76. The maximum Gasteiger partial charge on any atom is 0.257 e. The van der Waals surface area contributed by atoms with E-state index in [2.05, 4.69) is 6.07 Å². The van der Waals surface area contributed by atoms with Crippen molar-refractivity contribution in [1.82, 2.24) is 9.80 Å². The van der Waals surface area contributed by atoms with Crippen molar-refractivity contribution in [3.63, 3.8) is 0 Å². The third-order valence-corrected chi connectivity index (χ3v) is 6.74. The molecule has 3 aromatic rings. The minimum absolute atomic E-state index is 0.0584. The smallest absolute Gasteiger partial charge is 0.257 e. The van der Waals surface area contributed by atoms with Gasteiger partial charge in [0.1, 0.15) is 6.54 Å². The molecular formula is C29H23ClN4O3. The number of hydrogen-bond donors (Lipinski definition) is 0. The summed E-state index contributed by atoms with van der Waals surface area (Å²) in [7, 11) is 0. The molecule has 5 rings (SSSR count). The predicted octanol–water partition coefficient (Wildman–Crippen LogP) is 4.76. The molecule has 2 aliphatic rings. The molecule has 37 heavy (non-hydrogen) atoms. The first-order valence-corrected chi connectivity index (χ1v) is 12.3. The fraction of sp³-hybridized carbons (Fsp3) is 0.172. The quantitative estimate of drug-likeness (QED) is 0.506. The molecule has 0 N–H and O–H groups in total. The molecule has 0 radical (unpaired) electrons. The van der Waals surface area contributed by atoms with E-state index in [1.54, 1.807) is 70.6 Å². The fourth-order valence-electron chi connectivity index (χ4n) is 4.54. The Morgan fingerprint density at radius 1 is 0.919 bits per heavy atom. The van der Waals surface area contributed by atoms with Gasteiger partial charge in [0, 0.05) is 41.1 Å². The van der Waals surface area contributed by atoms with Gasteiger partial charge in [-0.05, 0) is 72.1 Å². The molecule has 0 aromatic heterocycles. The van der Waals surface area contributed by atoms with Gasteiger partial charge in [0.05, 0.1) is 18.2 Å². The van der Waals surface area contributed by atoms with Crippen LogP contribution in [0.1, 0.15) is 43.8 Å². The highest BCUT2D eigenvalue weighted by Gasteiger charge is 2.30. The van der Waals surface area contributed by atoms with Crippen LogP contribution < -0.4 is 4.90 Å². The Morgan fingerprint density at radius 2 is 1.62 bits per heavy atom. The Morgan fingerprint density at radius 3 is 2.30 bits per heavy atom. The highest BCUT2D eigenvalue weighted by molar-refractivity contribution is 6.30. The minimum atomic E-state index is -0.293. The van der Waals surface area contributed by atoms with Crippen molar-refractivity contribution < 1.29 is 14.4 Å². The van der Waals surface area contributed by atoms with Crippen LogP contribution in [0.5, 0.6) is 0 Å². The van der Waals surface area contributed by atoms with Gasteiger partial charge in [-0.3, -0.25) is 14.4 Å². The Balaban J connectivity index is 1.42. The van der Waals surface area contributed by atoms with E-state index in [4.69, 9.17) is 11.6 Å². The number of carbonyl (C=O) groups excluding carboxylic acids is 3. The number of benzene rings is 3. The second kappa shape index (κ2) is 10.3. The molecule has 8 heteroatoms. The molecular weight excluding hydrogens is 488 g/mol.